The van der Waals surface area contributed by atoms with Crippen LogP contribution in [0.15, 0.2) is 71.7 Å². The van der Waals surface area contributed by atoms with E-state index >= 15 is 0 Å². The first kappa shape index (κ1) is 20.5. The molecule has 0 bridgehead atoms. The molecule has 1 heterocycles. The van der Waals surface area contributed by atoms with Crippen LogP contribution in [-0.4, -0.2) is 31.8 Å². The number of fused-ring (bicyclic) bond motifs is 3. The van der Waals surface area contributed by atoms with Crippen molar-refractivity contribution >= 4 is 11.5 Å². The number of carbonyl (C=O) groups excluding carboxylic acids is 1. The molecule has 4 nitrogen and oxygen atoms in total. The van der Waals surface area contributed by atoms with Gasteiger partial charge in [0.05, 0.1) is 26.0 Å². The summed E-state index contributed by atoms with van der Waals surface area (Å²) >= 11 is 0. The molecule has 1 aliphatic heterocycles. The van der Waals surface area contributed by atoms with Gasteiger partial charge in [0, 0.05) is 28.2 Å². The molecule has 0 spiro atoms. The van der Waals surface area contributed by atoms with E-state index in [2.05, 4.69) is 6.07 Å². The molecule has 162 valence electrons. The molecule has 5 rings (SSSR count). The van der Waals surface area contributed by atoms with Crippen molar-refractivity contribution in [3.8, 4) is 11.5 Å². The molecule has 2 atom stereocenters. The Morgan fingerprint density at radius 3 is 2.34 bits per heavy atom. The number of methoxy groups -OCH3 is 2. The average Bonchev–Trinajstić information content (AvgIpc) is 2.87. The van der Waals surface area contributed by atoms with E-state index in [0.29, 0.717) is 22.8 Å². The van der Waals surface area contributed by atoms with Gasteiger partial charge in [0.1, 0.15) is 0 Å². The number of nitrogens with zero attached hydrogens (tertiary/aromatic N) is 1. The molecule has 1 saturated carbocycles. The van der Waals surface area contributed by atoms with E-state index in [1.165, 1.54) is 18.4 Å². The van der Waals surface area contributed by atoms with Crippen LogP contribution in [0, 0.1) is 0 Å². The lowest BCUT2D eigenvalue weighted by atomic mass is 9.75. The highest BCUT2D eigenvalue weighted by Gasteiger charge is 2.34. The SMILES string of the molecule is COc1cc2c(cc1OC)[C@@H]1CCCC[C@@H]1N=C2c1cccc(C(=O)c2ccccc2)c1. The maximum absolute atomic E-state index is 13.1. The van der Waals surface area contributed by atoms with Crippen molar-refractivity contribution in [1.29, 1.82) is 0 Å². The maximum atomic E-state index is 13.1. The van der Waals surface area contributed by atoms with Gasteiger partial charge in [0.25, 0.3) is 0 Å². The number of aliphatic imine (C=N–C) groups is 1. The molecule has 2 aliphatic rings. The van der Waals surface area contributed by atoms with Crippen molar-refractivity contribution < 1.29 is 14.3 Å². The lowest BCUT2D eigenvalue weighted by Gasteiger charge is -2.35. The molecular weight excluding hydrogens is 398 g/mol. The van der Waals surface area contributed by atoms with Gasteiger partial charge in [-0.2, -0.15) is 0 Å². The molecule has 0 amide bonds. The zero-order valence-corrected chi connectivity index (χ0v) is 18.5. The second kappa shape index (κ2) is 8.62. The maximum Gasteiger partial charge on any atom is 0.193 e. The number of rotatable bonds is 5. The first-order valence-electron chi connectivity index (χ1n) is 11.2. The number of ether oxygens (including phenoxy) is 2. The molecule has 0 N–H and O–H groups in total. The topological polar surface area (TPSA) is 47.9 Å². The smallest absolute Gasteiger partial charge is 0.193 e. The Kier molecular flexibility index (Phi) is 5.52. The molecule has 0 saturated heterocycles. The van der Waals surface area contributed by atoms with E-state index in [4.69, 9.17) is 14.5 Å². The molecule has 3 aromatic rings. The third-order valence-electron chi connectivity index (χ3n) is 6.67. The first-order valence-corrected chi connectivity index (χ1v) is 11.2. The van der Waals surface area contributed by atoms with Gasteiger partial charge in [-0.1, -0.05) is 61.4 Å². The van der Waals surface area contributed by atoms with Gasteiger partial charge in [-0.05, 0) is 36.6 Å². The van der Waals surface area contributed by atoms with Gasteiger partial charge >= 0.3 is 0 Å². The van der Waals surface area contributed by atoms with Gasteiger partial charge in [-0.25, -0.2) is 0 Å². The Labute approximate surface area is 188 Å². The Morgan fingerprint density at radius 2 is 1.56 bits per heavy atom. The van der Waals surface area contributed by atoms with E-state index in [-0.39, 0.29) is 11.8 Å². The van der Waals surface area contributed by atoms with Crippen LogP contribution in [0.2, 0.25) is 0 Å². The Morgan fingerprint density at radius 1 is 0.844 bits per heavy atom. The highest BCUT2D eigenvalue weighted by Crippen LogP contribution is 2.44. The number of ketones is 1. The minimum absolute atomic E-state index is 0.0203. The van der Waals surface area contributed by atoms with Crippen LogP contribution in [-0.2, 0) is 0 Å². The average molecular weight is 426 g/mol. The van der Waals surface area contributed by atoms with Crippen LogP contribution in [0.4, 0.5) is 0 Å². The Hall–Kier alpha value is -3.40. The monoisotopic (exact) mass is 425 g/mol. The summed E-state index contributed by atoms with van der Waals surface area (Å²) in [5, 5.41) is 0. The van der Waals surface area contributed by atoms with Gasteiger partial charge in [-0.3, -0.25) is 9.79 Å². The molecule has 0 radical (unpaired) electrons. The van der Waals surface area contributed by atoms with E-state index in [1.807, 2.05) is 60.7 Å². The molecule has 0 aromatic heterocycles. The molecule has 32 heavy (non-hydrogen) atoms. The van der Waals surface area contributed by atoms with Crippen molar-refractivity contribution in [2.45, 2.75) is 37.6 Å². The zero-order chi connectivity index (χ0) is 22.1. The highest BCUT2D eigenvalue weighted by molar-refractivity contribution is 6.17. The Bertz CT molecular complexity index is 1180. The van der Waals surface area contributed by atoms with Crippen LogP contribution < -0.4 is 9.47 Å². The third-order valence-corrected chi connectivity index (χ3v) is 6.67. The molecule has 1 aliphatic carbocycles. The summed E-state index contributed by atoms with van der Waals surface area (Å²) in [7, 11) is 3.34. The van der Waals surface area contributed by atoms with Gasteiger partial charge in [0.15, 0.2) is 17.3 Å². The molecule has 1 fully saturated rings. The van der Waals surface area contributed by atoms with E-state index < -0.39 is 0 Å². The molecule has 3 aromatic carbocycles. The van der Waals surface area contributed by atoms with Crippen LogP contribution in [0.3, 0.4) is 0 Å². The normalized spacial score (nSPS) is 19.4. The molecule has 4 heteroatoms. The lowest BCUT2D eigenvalue weighted by Crippen LogP contribution is -2.29. The standard InChI is InChI=1S/C28H27NO3/c1-31-25-16-22-21-13-6-7-14-24(21)29-27(23(22)17-26(25)32-2)19-11-8-12-20(15-19)28(30)18-9-4-3-5-10-18/h3-5,8-12,15-17,21,24H,6-7,13-14H2,1-2H3/t21-,24-/m0/s1. The minimum atomic E-state index is 0.0203. The third kappa shape index (κ3) is 3.60. The fourth-order valence-electron chi connectivity index (χ4n) is 5.06. The number of hydrogen-bond donors (Lipinski definition) is 0. The summed E-state index contributed by atoms with van der Waals surface area (Å²) in [4.78, 5) is 18.3. The predicted octanol–water partition coefficient (Wildman–Crippen LogP) is 5.81. The van der Waals surface area contributed by atoms with Crippen molar-refractivity contribution in [2.75, 3.05) is 14.2 Å². The number of carbonyl (C=O) groups is 1. The molecular formula is C28H27NO3. The second-order valence-corrected chi connectivity index (χ2v) is 8.51. The number of hydrogen-bond acceptors (Lipinski definition) is 4. The van der Waals surface area contributed by atoms with Crippen molar-refractivity contribution in [3.05, 3.63) is 94.5 Å². The predicted molar refractivity (Wildman–Crippen MR) is 126 cm³/mol. The van der Waals surface area contributed by atoms with Crippen LogP contribution >= 0.6 is 0 Å². The van der Waals surface area contributed by atoms with E-state index in [9.17, 15) is 4.79 Å². The summed E-state index contributed by atoms with van der Waals surface area (Å²) in [5.74, 6) is 1.87. The zero-order valence-electron chi connectivity index (χ0n) is 18.5. The van der Waals surface area contributed by atoms with Gasteiger partial charge in [0.2, 0.25) is 0 Å². The minimum Gasteiger partial charge on any atom is -0.493 e. The molecule has 0 unspecified atom stereocenters. The second-order valence-electron chi connectivity index (χ2n) is 8.51. The van der Waals surface area contributed by atoms with Crippen molar-refractivity contribution in [1.82, 2.24) is 0 Å². The summed E-state index contributed by atoms with van der Waals surface area (Å²) in [5.41, 5.74) is 5.61. The summed E-state index contributed by atoms with van der Waals surface area (Å²) in [6.45, 7) is 0. The van der Waals surface area contributed by atoms with Gasteiger partial charge in [-0.15, -0.1) is 0 Å². The summed E-state index contributed by atoms with van der Waals surface area (Å²) < 4.78 is 11.2. The first-order chi connectivity index (χ1) is 15.7. The lowest BCUT2D eigenvalue weighted by molar-refractivity contribution is 0.103. The van der Waals surface area contributed by atoms with Crippen molar-refractivity contribution in [3.63, 3.8) is 0 Å². The van der Waals surface area contributed by atoms with Crippen LogP contribution in [0.1, 0.15) is 64.2 Å². The van der Waals surface area contributed by atoms with E-state index in [1.54, 1.807) is 14.2 Å². The van der Waals surface area contributed by atoms with Crippen molar-refractivity contribution in [2.24, 2.45) is 4.99 Å². The highest BCUT2D eigenvalue weighted by atomic mass is 16.5. The van der Waals surface area contributed by atoms with Crippen LogP contribution in [0.5, 0.6) is 11.5 Å². The van der Waals surface area contributed by atoms with Crippen LogP contribution in [0.25, 0.3) is 0 Å². The Balaban J connectivity index is 1.62. The summed E-state index contributed by atoms with van der Waals surface area (Å²) in [6, 6.07) is 21.7. The summed E-state index contributed by atoms with van der Waals surface area (Å²) in [6.07, 6.45) is 4.65. The van der Waals surface area contributed by atoms with E-state index in [0.717, 1.165) is 35.4 Å². The quantitative estimate of drug-likeness (QED) is 0.485. The van der Waals surface area contributed by atoms with Gasteiger partial charge < -0.3 is 9.47 Å². The largest absolute Gasteiger partial charge is 0.493 e. The fourth-order valence-corrected chi connectivity index (χ4v) is 5.06. The fraction of sp³-hybridized carbons (Fsp3) is 0.286. The number of benzene rings is 3.